The van der Waals surface area contributed by atoms with Crippen LogP contribution in [0.3, 0.4) is 0 Å². The molecule has 3 N–H and O–H groups in total. The second kappa shape index (κ2) is 9.22. The van der Waals surface area contributed by atoms with Crippen LogP contribution in [0.4, 0.5) is 11.5 Å². The molecular formula is C19H21BrN4O3S. The molecule has 1 aromatic carbocycles. The summed E-state index contributed by atoms with van der Waals surface area (Å²) in [6.45, 7) is 1.54. The van der Waals surface area contributed by atoms with Gasteiger partial charge in [0.15, 0.2) is 0 Å². The van der Waals surface area contributed by atoms with Crippen LogP contribution < -0.4 is 21.9 Å². The van der Waals surface area contributed by atoms with E-state index in [-0.39, 0.29) is 18.1 Å². The monoisotopic (exact) mass is 464 g/mol. The number of nitrogens with two attached hydrogens (primary N) is 1. The highest BCUT2D eigenvalue weighted by Gasteiger charge is 2.20. The van der Waals surface area contributed by atoms with Gasteiger partial charge in [0, 0.05) is 18.5 Å². The van der Waals surface area contributed by atoms with E-state index >= 15 is 0 Å². The number of methoxy groups -OCH3 is 1. The van der Waals surface area contributed by atoms with Crippen LogP contribution >= 0.6 is 27.3 Å². The fourth-order valence-corrected chi connectivity index (χ4v) is 4.43. The average Bonchev–Trinajstić information content (AvgIpc) is 3.07. The van der Waals surface area contributed by atoms with Crippen LogP contribution in [0.1, 0.15) is 10.4 Å². The highest BCUT2D eigenvalue weighted by Crippen LogP contribution is 2.27. The van der Waals surface area contributed by atoms with Crippen LogP contribution in [-0.4, -0.2) is 23.3 Å². The van der Waals surface area contributed by atoms with E-state index in [9.17, 15) is 9.59 Å². The first-order valence-corrected chi connectivity index (χ1v) is 10.2. The van der Waals surface area contributed by atoms with E-state index in [1.807, 2.05) is 47.4 Å². The number of nitrogen functional groups attached to an aromatic ring is 1. The quantitative estimate of drug-likeness (QED) is 0.534. The molecule has 0 saturated heterocycles. The van der Waals surface area contributed by atoms with Crippen molar-refractivity contribution in [1.82, 2.24) is 9.55 Å². The van der Waals surface area contributed by atoms with Crippen LogP contribution in [0.15, 0.2) is 55.8 Å². The van der Waals surface area contributed by atoms with Crippen LogP contribution in [0.5, 0.6) is 0 Å². The first-order valence-electron chi connectivity index (χ1n) is 8.64. The topological polar surface area (TPSA) is 93.3 Å². The van der Waals surface area contributed by atoms with Crippen molar-refractivity contribution in [1.29, 1.82) is 0 Å². The first-order chi connectivity index (χ1) is 13.5. The van der Waals surface area contributed by atoms with Crippen LogP contribution in [0.2, 0.25) is 0 Å². The van der Waals surface area contributed by atoms with Crippen molar-refractivity contribution in [2.75, 3.05) is 24.4 Å². The summed E-state index contributed by atoms with van der Waals surface area (Å²) in [6.07, 6.45) is 0. The van der Waals surface area contributed by atoms with E-state index in [1.54, 1.807) is 18.4 Å². The Morgan fingerprint density at radius 3 is 2.57 bits per heavy atom. The van der Waals surface area contributed by atoms with Gasteiger partial charge >= 0.3 is 5.69 Å². The lowest BCUT2D eigenvalue weighted by Gasteiger charge is -2.26. The molecule has 0 radical (unpaired) electrons. The van der Waals surface area contributed by atoms with Crippen molar-refractivity contribution in [2.24, 2.45) is 0 Å². The van der Waals surface area contributed by atoms with Gasteiger partial charge < -0.3 is 15.4 Å². The zero-order valence-electron chi connectivity index (χ0n) is 15.4. The van der Waals surface area contributed by atoms with Gasteiger partial charge in [-0.1, -0.05) is 30.3 Å². The van der Waals surface area contributed by atoms with Gasteiger partial charge in [0.05, 0.1) is 23.5 Å². The summed E-state index contributed by atoms with van der Waals surface area (Å²) < 4.78 is 7.40. The number of anilines is 2. The zero-order chi connectivity index (χ0) is 20.1. The molecule has 2 heterocycles. The smallest absolute Gasteiger partial charge is 0.330 e. The Kier molecular flexibility index (Phi) is 6.71. The summed E-state index contributed by atoms with van der Waals surface area (Å²) in [5.41, 5.74) is 6.56. The standard InChI is InChI=1S/C19H21BrN4O3S/c1-27-10-9-24-17(21)16(18(25)22-19(24)26)23(11-13-5-3-2-4-6-13)12-14-7-8-15(20)28-14/h2-8H,9-12,21H2,1H3,(H,22,25,26). The molecule has 7 nitrogen and oxygen atoms in total. The predicted octanol–water partition coefficient (Wildman–Crippen LogP) is 2.80. The molecule has 0 fully saturated rings. The number of ether oxygens (including phenoxy) is 1. The first kappa shape index (κ1) is 20.4. The number of nitrogens with zero attached hydrogens (tertiary/aromatic N) is 2. The van der Waals surface area contributed by atoms with Gasteiger partial charge in [-0.05, 0) is 33.6 Å². The molecule has 0 bridgehead atoms. The second-order valence-corrected chi connectivity index (χ2v) is 8.73. The number of H-pyrrole nitrogens is 1. The van der Waals surface area contributed by atoms with E-state index in [4.69, 9.17) is 10.5 Å². The minimum Gasteiger partial charge on any atom is -0.383 e. The summed E-state index contributed by atoms with van der Waals surface area (Å²) in [6, 6.07) is 13.8. The minimum absolute atomic E-state index is 0.136. The van der Waals surface area contributed by atoms with E-state index in [1.165, 1.54) is 4.57 Å². The third-order valence-electron chi connectivity index (χ3n) is 4.24. The fourth-order valence-electron chi connectivity index (χ4n) is 2.93. The van der Waals surface area contributed by atoms with Gasteiger partial charge in [-0.25, -0.2) is 4.79 Å². The maximum Gasteiger partial charge on any atom is 0.330 e. The number of hydrogen-bond donors (Lipinski definition) is 2. The summed E-state index contributed by atoms with van der Waals surface area (Å²) >= 11 is 5.06. The van der Waals surface area contributed by atoms with Crippen LogP contribution in [0, 0.1) is 0 Å². The van der Waals surface area contributed by atoms with Gasteiger partial charge in [-0.2, -0.15) is 0 Å². The molecule has 3 aromatic rings. The van der Waals surface area contributed by atoms with Crippen molar-refractivity contribution in [2.45, 2.75) is 19.6 Å². The van der Waals surface area contributed by atoms with Crippen molar-refractivity contribution in [3.63, 3.8) is 0 Å². The lowest BCUT2D eigenvalue weighted by atomic mass is 10.2. The number of thiophene rings is 1. The number of aromatic amines is 1. The van der Waals surface area contributed by atoms with Gasteiger partial charge in [0.2, 0.25) is 0 Å². The average molecular weight is 465 g/mol. The molecule has 148 valence electrons. The van der Waals surface area contributed by atoms with Crippen molar-refractivity contribution in [3.8, 4) is 0 Å². The van der Waals surface area contributed by atoms with Gasteiger partial charge in [-0.3, -0.25) is 14.3 Å². The van der Waals surface area contributed by atoms with Crippen molar-refractivity contribution >= 4 is 38.8 Å². The molecule has 3 rings (SSSR count). The number of aromatic nitrogens is 2. The summed E-state index contributed by atoms with van der Waals surface area (Å²) in [7, 11) is 1.55. The van der Waals surface area contributed by atoms with E-state index in [0.29, 0.717) is 19.7 Å². The molecule has 0 saturated carbocycles. The molecule has 0 amide bonds. The Hall–Kier alpha value is -2.36. The molecule has 0 atom stereocenters. The van der Waals surface area contributed by atoms with E-state index < -0.39 is 11.2 Å². The molecule has 0 spiro atoms. The molecule has 0 aliphatic carbocycles. The molecule has 2 aromatic heterocycles. The summed E-state index contributed by atoms with van der Waals surface area (Å²) in [5, 5.41) is 0. The maximum absolute atomic E-state index is 12.7. The summed E-state index contributed by atoms with van der Waals surface area (Å²) in [4.78, 5) is 30.2. The normalized spacial score (nSPS) is 10.9. The Balaban J connectivity index is 2.05. The number of hydrogen-bond acceptors (Lipinski definition) is 6. The maximum atomic E-state index is 12.7. The Morgan fingerprint density at radius 1 is 1.18 bits per heavy atom. The largest absolute Gasteiger partial charge is 0.383 e. The van der Waals surface area contributed by atoms with Crippen molar-refractivity contribution < 1.29 is 4.74 Å². The lowest BCUT2D eigenvalue weighted by Crippen LogP contribution is -2.38. The highest BCUT2D eigenvalue weighted by atomic mass is 79.9. The van der Waals surface area contributed by atoms with Gasteiger partial charge in [0.25, 0.3) is 5.56 Å². The van der Waals surface area contributed by atoms with E-state index in [0.717, 1.165) is 14.2 Å². The second-order valence-electron chi connectivity index (χ2n) is 6.19. The third kappa shape index (κ3) is 4.73. The molecule has 0 aliphatic rings. The number of halogens is 1. The Morgan fingerprint density at radius 2 is 1.93 bits per heavy atom. The fraction of sp³-hybridized carbons (Fsp3) is 0.263. The number of benzene rings is 1. The SMILES string of the molecule is COCCn1c(N)c(N(Cc2ccccc2)Cc2ccc(Br)s2)c(=O)[nH]c1=O. The molecular weight excluding hydrogens is 444 g/mol. The molecule has 9 heteroatoms. The Bertz CT molecular complexity index is 1050. The van der Waals surface area contributed by atoms with Crippen molar-refractivity contribution in [3.05, 3.63) is 77.5 Å². The van der Waals surface area contributed by atoms with Gasteiger partial charge in [-0.15, -0.1) is 11.3 Å². The highest BCUT2D eigenvalue weighted by molar-refractivity contribution is 9.11. The number of rotatable bonds is 8. The van der Waals surface area contributed by atoms with E-state index in [2.05, 4.69) is 20.9 Å². The Labute approximate surface area is 174 Å². The molecule has 0 unspecified atom stereocenters. The zero-order valence-corrected chi connectivity index (χ0v) is 17.8. The van der Waals surface area contributed by atoms with Crippen LogP contribution in [-0.2, 0) is 24.4 Å². The van der Waals surface area contributed by atoms with Gasteiger partial charge in [0.1, 0.15) is 11.5 Å². The van der Waals surface area contributed by atoms with Crippen LogP contribution in [0.25, 0.3) is 0 Å². The lowest BCUT2D eigenvalue weighted by molar-refractivity contribution is 0.186. The third-order valence-corrected chi connectivity index (χ3v) is 5.85. The molecule has 0 aliphatic heterocycles. The predicted molar refractivity (Wildman–Crippen MR) is 116 cm³/mol. The number of nitrogens with one attached hydrogen (secondary N) is 1. The molecule has 28 heavy (non-hydrogen) atoms. The summed E-state index contributed by atoms with van der Waals surface area (Å²) in [5.74, 6) is 0.136. The minimum atomic E-state index is -0.540.